The standard InChI is InChI=1S/C10H7BrN2O3/c11-7-1-6(3-12-4-7)10-13-8(5-16-10)2-9(14)15/h1,3-5H,2H2,(H,14,15). The Hall–Kier alpha value is -1.69. The molecule has 2 rings (SSSR count). The van der Waals surface area contributed by atoms with Gasteiger partial charge in [-0.25, -0.2) is 4.98 Å². The molecule has 0 aliphatic carbocycles. The molecule has 2 aromatic rings. The van der Waals surface area contributed by atoms with Crippen molar-refractivity contribution >= 4 is 21.9 Å². The lowest BCUT2D eigenvalue weighted by molar-refractivity contribution is -0.136. The van der Waals surface area contributed by atoms with E-state index in [2.05, 4.69) is 25.9 Å². The number of oxazole rings is 1. The average molecular weight is 283 g/mol. The third kappa shape index (κ3) is 2.46. The maximum atomic E-state index is 10.5. The summed E-state index contributed by atoms with van der Waals surface area (Å²) in [6.07, 6.45) is 4.43. The van der Waals surface area contributed by atoms with Crippen molar-refractivity contribution in [3.63, 3.8) is 0 Å². The third-order valence-electron chi connectivity index (χ3n) is 1.84. The first-order chi connectivity index (χ1) is 7.65. The second-order valence-electron chi connectivity index (χ2n) is 3.11. The molecule has 0 saturated carbocycles. The van der Waals surface area contributed by atoms with Crippen molar-refractivity contribution in [1.82, 2.24) is 9.97 Å². The van der Waals surface area contributed by atoms with Gasteiger partial charge in [0, 0.05) is 16.9 Å². The van der Waals surface area contributed by atoms with Crippen LogP contribution < -0.4 is 0 Å². The van der Waals surface area contributed by atoms with Gasteiger partial charge < -0.3 is 9.52 Å². The number of halogens is 1. The lowest BCUT2D eigenvalue weighted by atomic mass is 10.3. The molecule has 1 N–H and O–H groups in total. The molecule has 0 amide bonds. The molecule has 0 aliphatic rings. The first-order valence-electron chi connectivity index (χ1n) is 4.42. The summed E-state index contributed by atoms with van der Waals surface area (Å²) in [4.78, 5) is 18.5. The number of carboxylic acid groups (broad SMARTS) is 1. The average Bonchev–Trinajstić information content (AvgIpc) is 2.65. The molecule has 0 unspecified atom stereocenters. The summed E-state index contributed by atoms with van der Waals surface area (Å²) < 4.78 is 5.98. The van der Waals surface area contributed by atoms with Crippen LogP contribution in [0.2, 0.25) is 0 Å². The minimum atomic E-state index is -0.938. The number of hydrogen-bond acceptors (Lipinski definition) is 4. The van der Waals surface area contributed by atoms with Gasteiger partial charge in [-0.1, -0.05) is 0 Å². The molecule has 2 aromatic heterocycles. The largest absolute Gasteiger partial charge is 0.481 e. The van der Waals surface area contributed by atoms with Crippen LogP contribution in [0.3, 0.4) is 0 Å². The highest BCUT2D eigenvalue weighted by Gasteiger charge is 2.09. The van der Waals surface area contributed by atoms with E-state index in [1.54, 1.807) is 18.5 Å². The van der Waals surface area contributed by atoms with Crippen molar-refractivity contribution < 1.29 is 14.3 Å². The van der Waals surface area contributed by atoms with E-state index < -0.39 is 5.97 Å². The predicted molar refractivity (Wildman–Crippen MR) is 58.8 cm³/mol. The van der Waals surface area contributed by atoms with Gasteiger partial charge in [0.2, 0.25) is 5.89 Å². The molecule has 0 saturated heterocycles. The first-order valence-corrected chi connectivity index (χ1v) is 5.21. The number of rotatable bonds is 3. The zero-order valence-electron chi connectivity index (χ0n) is 8.05. The van der Waals surface area contributed by atoms with Gasteiger partial charge in [0.1, 0.15) is 6.26 Å². The van der Waals surface area contributed by atoms with E-state index in [9.17, 15) is 4.79 Å². The molecule has 0 bridgehead atoms. The van der Waals surface area contributed by atoms with E-state index in [0.29, 0.717) is 17.1 Å². The number of hydrogen-bond donors (Lipinski definition) is 1. The Bertz CT molecular complexity index is 524. The molecule has 0 aliphatic heterocycles. The minimum absolute atomic E-state index is 0.148. The smallest absolute Gasteiger partial charge is 0.309 e. The maximum Gasteiger partial charge on any atom is 0.309 e. The summed E-state index contributed by atoms with van der Waals surface area (Å²) in [5.41, 5.74) is 1.09. The van der Waals surface area contributed by atoms with E-state index in [-0.39, 0.29) is 6.42 Å². The zero-order chi connectivity index (χ0) is 11.5. The molecule has 82 valence electrons. The molecule has 0 radical (unpaired) electrons. The Morgan fingerprint density at radius 1 is 1.50 bits per heavy atom. The molecule has 2 heterocycles. The monoisotopic (exact) mass is 282 g/mol. The van der Waals surface area contributed by atoms with Gasteiger partial charge in [-0.05, 0) is 22.0 Å². The van der Waals surface area contributed by atoms with Gasteiger partial charge in [0.15, 0.2) is 0 Å². The van der Waals surface area contributed by atoms with Crippen molar-refractivity contribution in [3.8, 4) is 11.5 Å². The molecular formula is C10H7BrN2O3. The van der Waals surface area contributed by atoms with Crippen molar-refractivity contribution in [2.75, 3.05) is 0 Å². The second-order valence-corrected chi connectivity index (χ2v) is 4.02. The molecule has 5 nitrogen and oxygen atoms in total. The zero-order valence-corrected chi connectivity index (χ0v) is 9.64. The van der Waals surface area contributed by atoms with E-state index in [0.717, 1.165) is 4.47 Å². The lowest BCUT2D eigenvalue weighted by Gasteiger charge is -1.94. The van der Waals surface area contributed by atoms with Crippen LogP contribution in [0.15, 0.2) is 33.6 Å². The summed E-state index contributed by atoms with van der Waals surface area (Å²) in [5.74, 6) is -0.572. The summed E-state index contributed by atoms with van der Waals surface area (Å²) >= 11 is 3.28. The maximum absolute atomic E-state index is 10.5. The quantitative estimate of drug-likeness (QED) is 0.933. The summed E-state index contributed by atoms with van der Waals surface area (Å²) in [6.45, 7) is 0. The van der Waals surface area contributed by atoms with Crippen LogP contribution in [-0.2, 0) is 11.2 Å². The normalized spacial score (nSPS) is 10.3. The Morgan fingerprint density at radius 2 is 2.31 bits per heavy atom. The van der Waals surface area contributed by atoms with Gasteiger partial charge in [-0.3, -0.25) is 9.78 Å². The Balaban J connectivity index is 2.28. The minimum Gasteiger partial charge on any atom is -0.481 e. The van der Waals surface area contributed by atoms with Crippen molar-refractivity contribution in [2.45, 2.75) is 6.42 Å². The molecule has 6 heteroatoms. The second kappa shape index (κ2) is 4.44. The summed E-state index contributed by atoms with van der Waals surface area (Å²) in [7, 11) is 0. The van der Waals surface area contributed by atoms with Crippen LogP contribution in [0.1, 0.15) is 5.69 Å². The van der Waals surface area contributed by atoms with Crippen LogP contribution >= 0.6 is 15.9 Å². The fourth-order valence-corrected chi connectivity index (χ4v) is 1.57. The van der Waals surface area contributed by atoms with Crippen LogP contribution in [0.5, 0.6) is 0 Å². The fraction of sp³-hybridized carbons (Fsp3) is 0.100. The Labute approximate surface area is 99.3 Å². The Morgan fingerprint density at radius 3 is 3.00 bits per heavy atom. The van der Waals surface area contributed by atoms with Crippen molar-refractivity contribution in [2.24, 2.45) is 0 Å². The fourth-order valence-electron chi connectivity index (χ4n) is 1.20. The van der Waals surface area contributed by atoms with E-state index >= 15 is 0 Å². The first kappa shape index (κ1) is 10.8. The third-order valence-corrected chi connectivity index (χ3v) is 2.27. The highest BCUT2D eigenvalue weighted by molar-refractivity contribution is 9.10. The summed E-state index contributed by atoms with van der Waals surface area (Å²) in [5, 5.41) is 8.59. The van der Waals surface area contributed by atoms with E-state index in [4.69, 9.17) is 9.52 Å². The molecule has 0 fully saturated rings. The number of carbonyl (C=O) groups is 1. The topological polar surface area (TPSA) is 76.2 Å². The highest BCUT2D eigenvalue weighted by Crippen LogP contribution is 2.21. The predicted octanol–water partition coefficient (Wildman–Crippen LogP) is 2.13. The molecular weight excluding hydrogens is 276 g/mol. The Kier molecular flexibility index (Phi) is 3.00. The number of pyridine rings is 1. The van der Waals surface area contributed by atoms with Gasteiger partial charge in [-0.15, -0.1) is 0 Å². The van der Waals surface area contributed by atoms with Gasteiger partial charge >= 0.3 is 5.97 Å². The van der Waals surface area contributed by atoms with Gasteiger partial charge in [0.05, 0.1) is 17.7 Å². The summed E-state index contributed by atoms with van der Waals surface area (Å²) in [6, 6.07) is 1.80. The molecule has 0 atom stereocenters. The molecule has 16 heavy (non-hydrogen) atoms. The van der Waals surface area contributed by atoms with Crippen LogP contribution in [0.25, 0.3) is 11.5 Å². The van der Waals surface area contributed by atoms with Crippen LogP contribution in [-0.4, -0.2) is 21.0 Å². The number of carboxylic acids is 1. The van der Waals surface area contributed by atoms with Gasteiger partial charge in [-0.2, -0.15) is 0 Å². The van der Waals surface area contributed by atoms with E-state index in [1.807, 2.05) is 0 Å². The van der Waals surface area contributed by atoms with Crippen molar-refractivity contribution in [3.05, 3.63) is 34.9 Å². The number of aliphatic carboxylic acids is 1. The van der Waals surface area contributed by atoms with Crippen LogP contribution in [0, 0.1) is 0 Å². The highest BCUT2D eigenvalue weighted by atomic mass is 79.9. The lowest BCUT2D eigenvalue weighted by Crippen LogP contribution is -1.99. The number of nitrogens with zero attached hydrogens (tertiary/aromatic N) is 2. The van der Waals surface area contributed by atoms with Crippen LogP contribution in [0.4, 0.5) is 0 Å². The van der Waals surface area contributed by atoms with Gasteiger partial charge in [0.25, 0.3) is 0 Å². The molecule has 0 aromatic carbocycles. The SMILES string of the molecule is O=C(O)Cc1coc(-c2cncc(Br)c2)n1. The van der Waals surface area contributed by atoms with E-state index in [1.165, 1.54) is 6.26 Å². The molecule has 0 spiro atoms. The number of aromatic nitrogens is 2. The van der Waals surface area contributed by atoms with Crippen molar-refractivity contribution in [1.29, 1.82) is 0 Å².